The summed E-state index contributed by atoms with van der Waals surface area (Å²) in [4.78, 5) is 34.8. The highest BCUT2D eigenvalue weighted by Crippen LogP contribution is 2.36. The maximum Gasteiger partial charge on any atom is 0.305 e. The van der Waals surface area contributed by atoms with Crippen LogP contribution in [-0.4, -0.2) is 37.2 Å². The lowest BCUT2D eigenvalue weighted by Gasteiger charge is -2.35. The second-order valence-electron chi connectivity index (χ2n) is 9.70. The molecule has 1 aliphatic carbocycles. The molecule has 4 atom stereocenters. The lowest BCUT2D eigenvalue weighted by atomic mass is 9.75. The predicted molar refractivity (Wildman–Crippen MR) is 139 cm³/mol. The number of hydrogen-bond acceptors (Lipinski definition) is 6. The van der Waals surface area contributed by atoms with Crippen molar-refractivity contribution >= 4 is 17.9 Å². The lowest BCUT2D eigenvalue weighted by molar-refractivity contribution is -0.151. The van der Waals surface area contributed by atoms with Crippen LogP contribution in [0.5, 0.6) is 0 Å². The third-order valence-corrected chi connectivity index (χ3v) is 6.72. The Balaban J connectivity index is 2.70. The van der Waals surface area contributed by atoms with Crippen molar-refractivity contribution in [3.8, 4) is 0 Å². The van der Waals surface area contributed by atoms with Crippen molar-refractivity contribution in [3.05, 3.63) is 24.3 Å². The molecule has 35 heavy (non-hydrogen) atoms. The van der Waals surface area contributed by atoms with E-state index >= 15 is 0 Å². The summed E-state index contributed by atoms with van der Waals surface area (Å²) in [6.45, 7) is 5.12. The van der Waals surface area contributed by atoms with E-state index < -0.39 is 0 Å². The number of hydrogen-bond donors (Lipinski definition) is 0. The van der Waals surface area contributed by atoms with Crippen molar-refractivity contribution in [2.75, 3.05) is 7.11 Å². The number of unbranched alkanes of at least 4 members (excludes halogenated alkanes) is 5. The number of methoxy groups -OCH3 is 1. The zero-order chi connectivity index (χ0) is 25.9. The van der Waals surface area contributed by atoms with Gasteiger partial charge in [-0.2, -0.15) is 0 Å². The Morgan fingerprint density at radius 3 is 2.23 bits per heavy atom. The van der Waals surface area contributed by atoms with E-state index in [1.807, 2.05) is 18.2 Å². The normalized spacial score (nSPS) is 20.0. The molecule has 0 N–H and O–H groups in total. The van der Waals surface area contributed by atoms with E-state index in [1.165, 1.54) is 53.1 Å². The minimum Gasteiger partial charge on any atom is -0.469 e. The average Bonchev–Trinajstić information content (AvgIpc) is 2.82. The zero-order valence-electron chi connectivity index (χ0n) is 22.5. The second kappa shape index (κ2) is 19.1. The molecule has 0 spiro atoms. The quantitative estimate of drug-likeness (QED) is 0.0955. The Bertz CT molecular complexity index is 668. The standard InChI is InChI=1S/C29H48O6/c1-5-6-7-8-9-10-18-26(34-23(2)30)19-13-11-16-25-17-12-14-20-27(25)28(35-24(3)31)21-15-22-29(32)33-4/h11,13,16,19,25-28H,5-10,12,14-15,17-18,20-22H2,1-4H3/t25-,26?,27-,28?/m1/s1. The number of rotatable bonds is 17. The van der Waals surface area contributed by atoms with Crippen LogP contribution >= 0.6 is 0 Å². The fraction of sp³-hybridized carbons (Fsp3) is 0.759. The van der Waals surface area contributed by atoms with Gasteiger partial charge in [0.05, 0.1) is 7.11 Å². The smallest absolute Gasteiger partial charge is 0.305 e. The summed E-state index contributed by atoms with van der Waals surface area (Å²) in [5.74, 6) is -0.220. The van der Waals surface area contributed by atoms with E-state index in [2.05, 4.69) is 13.0 Å². The summed E-state index contributed by atoms with van der Waals surface area (Å²) in [6, 6.07) is 0. The van der Waals surface area contributed by atoms with E-state index in [0.717, 1.165) is 38.5 Å². The van der Waals surface area contributed by atoms with E-state index in [4.69, 9.17) is 14.2 Å². The molecule has 2 unspecified atom stereocenters. The summed E-state index contributed by atoms with van der Waals surface area (Å²) in [5, 5.41) is 0. The van der Waals surface area contributed by atoms with Crippen LogP contribution in [0, 0.1) is 11.8 Å². The maximum atomic E-state index is 11.8. The van der Waals surface area contributed by atoms with Crippen LogP contribution in [0.15, 0.2) is 24.3 Å². The van der Waals surface area contributed by atoms with Gasteiger partial charge in [-0.3, -0.25) is 14.4 Å². The Morgan fingerprint density at radius 2 is 1.54 bits per heavy atom. The number of esters is 3. The largest absolute Gasteiger partial charge is 0.469 e. The molecule has 1 saturated carbocycles. The first-order valence-corrected chi connectivity index (χ1v) is 13.6. The molecule has 0 aliphatic heterocycles. The first-order chi connectivity index (χ1) is 16.9. The van der Waals surface area contributed by atoms with Crippen LogP contribution < -0.4 is 0 Å². The van der Waals surface area contributed by atoms with Crippen molar-refractivity contribution in [3.63, 3.8) is 0 Å². The van der Waals surface area contributed by atoms with Gasteiger partial charge in [-0.15, -0.1) is 0 Å². The lowest BCUT2D eigenvalue weighted by Crippen LogP contribution is -2.33. The summed E-state index contributed by atoms with van der Waals surface area (Å²) < 4.78 is 15.9. The van der Waals surface area contributed by atoms with E-state index in [1.54, 1.807) is 0 Å². The molecule has 1 fully saturated rings. The summed E-state index contributed by atoms with van der Waals surface area (Å²) in [5.41, 5.74) is 0. The Morgan fingerprint density at radius 1 is 0.857 bits per heavy atom. The minimum atomic E-state index is -0.278. The highest BCUT2D eigenvalue weighted by atomic mass is 16.5. The van der Waals surface area contributed by atoms with Gasteiger partial charge in [-0.05, 0) is 50.5 Å². The average molecular weight is 493 g/mol. The molecule has 0 radical (unpaired) electrons. The van der Waals surface area contributed by atoms with Gasteiger partial charge in [0.25, 0.3) is 0 Å². The number of carbonyl (C=O) groups is 3. The monoisotopic (exact) mass is 492 g/mol. The van der Waals surface area contributed by atoms with E-state index in [9.17, 15) is 14.4 Å². The van der Waals surface area contributed by atoms with Crippen LogP contribution in [0.25, 0.3) is 0 Å². The Hall–Kier alpha value is -2.11. The highest BCUT2D eigenvalue weighted by molar-refractivity contribution is 5.69. The van der Waals surface area contributed by atoms with Gasteiger partial charge < -0.3 is 14.2 Å². The third kappa shape index (κ3) is 14.8. The molecule has 0 amide bonds. The molecule has 200 valence electrons. The van der Waals surface area contributed by atoms with E-state index in [-0.39, 0.29) is 36.0 Å². The highest BCUT2D eigenvalue weighted by Gasteiger charge is 2.32. The van der Waals surface area contributed by atoms with Crippen molar-refractivity contribution in [1.82, 2.24) is 0 Å². The van der Waals surface area contributed by atoms with Crippen molar-refractivity contribution in [2.24, 2.45) is 11.8 Å². The van der Waals surface area contributed by atoms with Crippen LogP contribution in [0.2, 0.25) is 0 Å². The predicted octanol–water partition coefficient (Wildman–Crippen LogP) is 6.86. The Labute approximate surface area is 212 Å². The first-order valence-electron chi connectivity index (χ1n) is 13.6. The first kappa shape index (κ1) is 30.9. The maximum absolute atomic E-state index is 11.8. The summed E-state index contributed by atoms with van der Waals surface area (Å²) >= 11 is 0. The van der Waals surface area contributed by atoms with Crippen molar-refractivity contribution in [2.45, 2.75) is 123 Å². The van der Waals surface area contributed by atoms with Gasteiger partial charge in [-0.25, -0.2) is 0 Å². The third-order valence-electron chi connectivity index (χ3n) is 6.72. The van der Waals surface area contributed by atoms with Gasteiger partial charge in [0.15, 0.2) is 0 Å². The SMILES string of the molecule is CCCCCCCCC(C=CC=C[C@@H]1CCCC[C@H]1C(CCCC(=O)OC)OC(C)=O)OC(C)=O. The molecule has 0 aromatic carbocycles. The van der Waals surface area contributed by atoms with Gasteiger partial charge in [0, 0.05) is 26.2 Å². The molecule has 0 heterocycles. The molecule has 6 nitrogen and oxygen atoms in total. The summed E-state index contributed by atoms with van der Waals surface area (Å²) in [6.07, 6.45) is 21.8. The number of carbonyl (C=O) groups excluding carboxylic acids is 3. The van der Waals surface area contributed by atoms with Crippen LogP contribution in [0.4, 0.5) is 0 Å². The molecule has 1 rings (SSSR count). The van der Waals surface area contributed by atoms with Crippen molar-refractivity contribution < 1.29 is 28.6 Å². The van der Waals surface area contributed by atoms with E-state index in [0.29, 0.717) is 25.2 Å². The Kier molecular flexibility index (Phi) is 16.9. The van der Waals surface area contributed by atoms with Gasteiger partial charge in [0.2, 0.25) is 0 Å². The number of ether oxygens (including phenoxy) is 3. The second-order valence-corrected chi connectivity index (χ2v) is 9.70. The molecule has 6 heteroatoms. The van der Waals surface area contributed by atoms with Gasteiger partial charge >= 0.3 is 17.9 Å². The fourth-order valence-corrected chi connectivity index (χ4v) is 4.94. The molecule has 0 aromatic heterocycles. The zero-order valence-corrected chi connectivity index (χ0v) is 22.5. The van der Waals surface area contributed by atoms with Crippen molar-refractivity contribution in [1.29, 1.82) is 0 Å². The van der Waals surface area contributed by atoms with Gasteiger partial charge in [0.1, 0.15) is 12.2 Å². The number of allylic oxidation sites excluding steroid dienone is 3. The molecule has 0 bridgehead atoms. The molecule has 1 aliphatic rings. The molecule has 0 saturated heterocycles. The van der Waals surface area contributed by atoms with Crippen LogP contribution in [0.3, 0.4) is 0 Å². The van der Waals surface area contributed by atoms with Gasteiger partial charge in [-0.1, -0.05) is 70.1 Å². The topological polar surface area (TPSA) is 78.9 Å². The molecular formula is C29H48O6. The fourth-order valence-electron chi connectivity index (χ4n) is 4.94. The minimum absolute atomic E-state index is 0.197. The van der Waals surface area contributed by atoms with Crippen LogP contribution in [-0.2, 0) is 28.6 Å². The summed E-state index contributed by atoms with van der Waals surface area (Å²) in [7, 11) is 1.39. The molecule has 0 aromatic rings. The van der Waals surface area contributed by atoms with Crippen LogP contribution in [0.1, 0.15) is 111 Å². The molecular weight excluding hydrogens is 444 g/mol.